The van der Waals surface area contributed by atoms with Crippen LogP contribution in [0.3, 0.4) is 0 Å². The molecule has 0 bridgehead atoms. The normalized spacial score (nSPS) is 16.4. The van der Waals surface area contributed by atoms with E-state index in [4.69, 9.17) is 0 Å². The lowest BCUT2D eigenvalue weighted by atomic mass is 9.73. The van der Waals surface area contributed by atoms with Crippen molar-refractivity contribution in [3.8, 4) is 11.1 Å². The van der Waals surface area contributed by atoms with Gasteiger partial charge in [0.1, 0.15) is 12.0 Å². The van der Waals surface area contributed by atoms with E-state index in [1.54, 1.807) is 17.0 Å². The number of hydrogen-bond donors (Lipinski definition) is 1. The lowest BCUT2D eigenvalue weighted by Gasteiger charge is -2.35. The van der Waals surface area contributed by atoms with Gasteiger partial charge in [-0.25, -0.2) is 0 Å². The summed E-state index contributed by atoms with van der Waals surface area (Å²) in [6.07, 6.45) is -7.29. The minimum atomic E-state index is -4.53. The first-order valence-electron chi connectivity index (χ1n) is 14.6. The van der Waals surface area contributed by atoms with Crippen molar-refractivity contribution in [3.05, 3.63) is 95.1 Å². The average Bonchev–Trinajstić information content (AvgIpc) is 3.28. The predicted molar refractivity (Wildman–Crippen MR) is 154 cm³/mol. The fourth-order valence-corrected chi connectivity index (χ4v) is 6.33. The summed E-state index contributed by atoms with van der Waals surface area (Å²) in [7, 11) is 0. The maximum absolute atomic E-state index is 13.6. The maximum Gasteiger partial charge on any atom is 0.416 e. The largest absolute Gasteiger partial charge is 0.416 e. The van der Waals surface area contributed by atoms with E-state index >= 15 is 0 Å². The molecule has 1 N–H and O–H groups in total. The molecule has 1 fully saturated rings. The Balaban J connectivity index is 1.18. The Hall–Kier alpha value is -3.86. The van der Waals surface area contributed by atoms with Crippen molar-refractivity contribution in [2.24, 2.45) is 0 Å². The molecule has 44 heavy (non-hydrogen) atoms. The molecule has 2 amide bonds. The molecular formula is C33H33F6N3O2. The van der Waals surface area contributed by atoms with Gasteiger partial charge in [-0.15, -0.1) is 0 Å². The Bertz CT molecular complexity index is 1430. The second-order valence-corrected chi connectivity index (χ2v) is 11.3. The number of halogens is 6. The molecule has 11 heteroatoms. The van der Waals surface area contributed by atoms with Crippen LogP contribution in [0.1, 0.15) is 41.5 Å². The highest BCUT2D eigenvalue weighted by molar-refractivity contribution is 6.00. The second-order valence-electron chi connectivity index (χ2n) is 11.3. The van der Waals surface area contributed by atoms with Gasteiger partial charge >= 0.3 is 12.4 Å². The van der Waals surface area contributed by atoms with Gasteiger partial charge in [-0.2, -0.15) is 26.3 Å². The number of carbonyl (C=O) groups excluding carboxylic acids is 2. The first-order valence-corrected chi connectivity index (χ1v) is 14.6. The number of amides is 2. The number of hydrogen-bond acceptors (Lipinski definition) is 3. The van der Waals surface area contributed by atoms with Gasteiger partial charge in [0.15, 0.2) is 0 Å². The van der Waals surface area contributed by atoms with E-state index in [0.717, 1.165) is 23.3 Å². The molecule has 234 valence electrons. The molecule has 5 rings (SSSR count). The SMILES string of the molecule is O=C(Cc1ccc(C(F)(F)F)cc1)N1CCN(CCCCC2(C(=O)NCC(F)(F)F)c3ccccc3-c3ccccc32)CC1. The third-order valence-corrected chi connectivity index (χ3v) is 8.54. The van der Waals surface area contributed by atoms with E-state index in [-0.39, 0.29) is 12.3 Å². The number of rotatable bonds is 9. The molecule has 5 nitrogen and oxygen atoms in total. The molecule has 0 radical (unpaired) electrons. The molecule has 1 aliphatic carbocycles. The zero-order chi connectivity index (χ0) is 31.5. The van der Waals surface area contributed by atoms with E-state index in [2.05, 4.69) is 10.2 Å². The summed E-state index contributed by atoms with van der Waals surface area (Å²) >= 11 is 0. The number of carbonyl (C=O) groups is 2. The van der Waals surface area contributed by atoms with Crippen LogP contribution in [0.2, 0.25) is 0 Å². The van der Waals surface area contributed by atoms with Crippen LogP contribution in [0.15, 0.2) is 72.8 Å². The van der Waals surface area contributed by atoms with E-state index < -0.39 is 35.8 Å². The van der Waals surface area contributed by atoms with E-state index in [9.17, 15) is 35.9 Å². The van der Waals surface area contributed by atoms with Crippen molar-refractivity contribution in [3.63, 3.8) is 0 Å². The van der Waals surface area contributed by atoms with Gasteiger partial charge in [0, 0.05) is 26.2 Å². The molecular weight excluding hydrogens is 584 g/mol. The molecule has 0 atom stereocenters. The smallest absolute Gasteiger partial charge is 0.346 e. The molecule has 3 aromatic rings. The number of benzene rings is 3. The second kappa shape index (κ2) is 12.6. The molecule has 0 unspecified atom stereocenters. The van der Waals surface area contributed by atoms with E-state index in [1.807, 2.05) is 36.4 Å². The third-order valence-electron chi connectivity index (χ3n) is 8.54. The van der Waals surface area contributed by atoms with Crippen LogP contribution in [-0.2, 0) is 27.6 Å². The Morgan fingerprint density at radius 1 is 0.750 bits per heavy atom. The van der Waals surface area contributed by atoms with Gasteiger partial charge in [0.25, 0.3) is 0 Å². The van der Waals surface area contributed by atoms with Crippen molar-refractivity contribution in [1.82, 2.24) is 15.1 Å². The summed E-state index contributed by atoms with van der Waals surface area (Å²) in [4.78, 5) is 30.3. The highest BCUT2D eigenvalue weighted by Crippen LogP contribution is 2.51. The standard InChI is InChI=1S/C33H33F6N3O2/c34-32(35,36)22-40-30(44)31(27-9-3-1-7-25(27)26-8-2-4-10-28(26)31)15-5-6-16-41-17-19-42(20-18-41)29(43)21-23-11-13-24(14-12-23)33(37,38)39/h1-4,7-14H,5-6,15-22H2,(H,40,44). The minimum absolute atomic E-state index is 0.0274. The number of unbranched alkanes of at least 4 members (excludes halogenated alkanes) is 1. The topological polar surface area (TPSA) is 52.7 Å². The monoisotopic (exact) mass is 617 g/mol. The summed E-state index contributed by atoms with van der Waals surface area (Å²) in [5, 5.41) is 2.16. The predicted octanol–water partition coefficient (Wildman–Crippen LogP) is 6.21. The highest BCUT2D eigenvalue weighted by atomic mass is 19.4. The molecule has 1 aliphatic heterocycles. The third kappa shape index (κ3) is 6.77. The number of alkyl halides is 6. The van der Waals surface area contributed by atoms with Crippen LogP contribution in [0.4, 0.5) is 26.3 Å². The fraction of sp³-hybridized carbons (Fsp3) is 0.394. The van der Waals surface area contributed by atoms with E-state index in [0.29, 0.717) is 68.7 Å². The highest BCUT2D eigenvalue weighted by Gasteiger charge is 2.49. The zero-order valence-electron chi connectivity index (χ0n) is 24.0. The van der Waals surface area contributed by atoms with Gasteiger partial charge in [0.2, 0.25) is 11.8 Å². The van der Waals surface area contributed by atoms with E-state index in [1.165, 1.54) is 12.1 Å². The van der Waals surface area contributed by atoms with Crippen molar-refractivity contribution in [2.45, 2.75) is 43.5 Å². The summed E-state index contributed by atoms with van der Waals surface area (Å²) in [6.45, 7) is 1.53. The van der Waals surface area contributed by atoms with Crippen molar-refractivity contribution < 1.29 is 35.9 Å². The average molecular weight is 618 g/mol. The van der Waals surface area contributed by atoms with Gasteiger partial charge in [-0.3, -0.25) is 14.5 Å². The summed E-state index contributed by atoms with van der Waals surface area (Å²) in [6, 6.07) is 19.4. The van der Waals surface area contributed by atoms with Gasteiger partial charge in [-0.1, -0.05) is 67.1 Å². The summed E-state index contributed by atoms with van der Waals surface area (Å²) in [5.41, 5.74) is 1.65. The van der Waals surface area contributed by atoms with Gasteiger partial charge in [-0.05, 0) is 59.3 Å². The first-order chi connectivity index (χ1) is 20.9. The number of fused-ring (bicyclic) bond motifs is 3. The summed E-state index contributed by atoms with van der Waals surface area (Å²) in [5.74, 6) is -0.804. The van der Waals surface area contributed by atoms with Gasteiger partial charge in [0.05, 0.1) is 12.0 Å². The summed E-state index contributed by atoms with van der Waals surface area (Å²) < 4.78 is 77.7. The quantitative estimate of drug-likeness (QED) is 0.230. The van der Waals surface area contributed by atoms with Crippen LogP contribution in [0, 0.1) is 0 Å². The Labute approximate surface area is 251 Å². The molecule has 0 spiro atoms. The lowest BCUT2D eigenvalue weighted by molar-refractivity contribution is -0.141. The Morgan fingerprint density at radius 2 is 1.32 bits per heavy atom. The maximum atomic E-state index is 13.6. The van der Waals surface area contributed by atoms with Crippen molar-refractivity contribution >= 4 is 11.8 Å². The molecule has 3 aromatic carbocycles. The fourth-order valence-electron chi connectivity index (χ4n) is 6.33. The number of nitrogens with zero attached hydrogens (tertiary/aromatic N) is 2. The van der Waals surface area contributed by atoms with Crippen LogP contribution in [0.5, 0.6) is 0 Å². The molecule has 2 aliphatic rings. The van der Waals surface area contributed by atoms with Crippen LogP contribution in [-0.4, -0.2) is 67.1 Å². The number of piperazine rings is 1. The Kier molecular flexibility index (Phi) is 9.06. The van der Waals surface area contributed by atoms with Crippen molar-refractivity contribution in [2.75, 3.05) is 39.3 Å². The van der Waals surface area contributed by atoms with Crippen LogP contribution < -0.4 is 5.32 Å². The van der Waals surface area contributed by atoms with Crippen molar-refractivity contribution in [1.29, 1.82) is 0 Å². The minimum Gasteiger partial charge on any atom is -0.346 e. The molecule has 1 heterocycles. The van der Waals surface area contributed by atoms with Crippen LogP contribution in [0.25, 0.3) is 11.1 Å². The van der Waals surface area contributed by atoms with Crippen LogP contribution >= 0.6 is 0 Å². The zero-order valence-corrected chi connectivity index (χ0v) is 24.0. The first kappa shape index (κ1) is 31.6. The Morgan fingerprint density at radius 3 is 1.86 bits per heavy atom. The molecule has 0 aromatic heterocycles. The number of nitrogens with one attached hydrogen (secondary N) is 1. The molecule has 0 saturated carbocycles. The lowest BCUT2D eigenvalue weighted by Crippen LogP contribution is -2.49. The van der Waals surface area contributed by atoms with Gasteiger partial charge < -0.3 is 10.2 Å². The molecule has 1 saturated heterocycles.